The maximum atomic E-state index is 12.2. The highest BCUT2D eigenvalue weighted by atomic mass is 16.5. The van der Waals surface area contributed by atoms with Gasteiger partial charge in [0.2, 0.25) is 0 Å². The topological polar surface area (TPSA) is 95.8 Å². The highest BCUT2D eigenvalue weighted by Crippen LogP contribution is 2.44. The van der Waals surface area contributed by atoms with Gasteiger partial charge >= 0.3 is 5.97 Å². The van der Waals surface area contributed by atoms with Crippen LogP contribution in [0.4, 0.5) is 0 Å². The molecule has 2 N–H and O–H groups in total. The van der Waals surface area contributed by atoms with E-state index in [1.54, 1.807) is 31.6 Å². The molecule has 0 aliphatic carbocycles. The Kier molecular flexibility index (Phi) is 5.95. The van der Waals surface area contributed by atoms with Crippen molar-refractivity contribution >= 4 is 5.97 Å². The second-order valence-electron chi connectivity index (χ2n) is 7.32. The van der Waals surface area contributed by atoms with Crippen LogP contribution >= 0.6 is 0 Å². The molecule has 158 valence electrons. The molecule has 31 heavy (non-hydrogen) atoms. The van der Waals surface area contributed by atoms with Gasteiger partial charge < -0.3 is 14.9 Å². The van der Waals surface area contributed by atoms with Crippen molar-refractivity contribution in [3.8, 4) is 5.75 Å². The highest BCUT2D eigenvalue weighted by molar-refractivity contribution is 5.89. The number of carboxylic acid groups (broad SMARTS) is 1. The number of aliphatic hydroxyl groups is 1. The fourth-order valence-corrected chi connectivity index (χ4v) is 4.04. The summed E-state index contributed by atoms with van der Waals surface area (Å²) in [4.78, 5) is 23.1. The summed E-state index contributed by atoms with van der Waals surface area (Å²) in [5, 5.41) is 20.7. The number of aliphatic carboxylic acids is 1. The Bertz CT molecular complexity index is 1090. The molecule has 3 heterocycles. The molecule has 0 unspecified atom stereocenters. The van der Waals surface area contributed by atoms with Crippen LogP contribution in [0.15, 0.2) is 84.4 Å². The first kappa shape index (κ1) is 20.6. The third-order valence-electron chi connectivity index (χ3n) is 5.43. The van der Waals surface area contributed by atoms with Gasteiger partial charge in [0, 0.05) is 25.4 Å². The van der Waals surface area contributed by atoms with Crippen LogP contribution in [-0.2, 0) is 11.3 Å². The zero-order valence-corrected chi connectivity index (χ0v) is 17.0. The van der Waals surface area contributed by atoms with Gasteiger partial charge in [-0.25, -0.2) is 4.79 Å². The van der Waals surface area contributed by atoms with E-state index < -0.39 is 12.0 Å². The quantitative estimate of drug-likeness (QED) is 0.624. The van der Waals surface area contributed by atoms with E-state index >= 15 is 0 Å². The lowest BCUT2D eigenvalue weighted by Gasteiger charge is -2.41. The van der Waals surface area contributed by atoms with E-state index in [4.69, 9.17) is 4.74 Å². The van der Waals surface area contributed by atoms with Crippen molar-refractivity contribution in [1.82, 2.24) is 14.9 Å². The number of benzene rings is 1. The molecule has 7 heteroatoms. The number of ether oxygens (including phenoxy) is 1. The van der Waals surface area contributed by atoms with Crippen LogP contribution in [0.5, 0.6) is 5.75 Å². The second kappa shape index (κ2) is 8.97. The number of rotatable bonds is 6. The average molecular weight is 417 g/mol. The van der Waals surface area contributed by atoms with Crippen LogP contribution < -0.4 is 4.74 Å². The van der Waals surface area contributed by atoms with Gasteiger partial charge in [-0.15, -0.1) is 0 Å². The van der Waals surface area contributed by atoms with Gasteiger partial charge in [-0.1, -0.05) is 24.3 Å². The summed E-state index contributed by atoms with van der Waals surface area (Å²) in [6.07, 6.45) is 3.47. The molecule has 0 bridgehead atoms. The zero-order chi connectivity index (χ0) is 21.8. The molecule has 0 amide bonds. The molecule has 1 aromatic carbocycles. The average Bonchev–Trinajstić information content (AvgIpc) is 2.80. The standard InChI is InChI=1S/C24H23N3O4/c1-31-17-8-6-7-16(13-17)15-27-20(18-9-2-4-11-25-18)14-21(28)22(24(29)30)23(27)19-10-3-5-12-26-19/h2-13,20,23,28H,14-15H2,1H3,(H,29,30)/t20-,23-/m0/s1. The summed E-state index contributed by atoms with van der Waals surface area (Å²) in [6.45, 7) is 0.420. The Morgan fingerprint density at radius 2 is 1.77 bits per heavy atom. The van der Waals surface area contributed by atoms with Crippen LogP contribution in [0.3, 0.4) is 0 Å². The Labute approximate surface area is 180 Å². The lowest BCUT2D eigenvalue weighted by atomic mass is 9.88. The normalized spacial score (nSPS) is 19.3. The van der Waals surface area contributed by atoms with E-state index in [-0.39, 0.29) is 23.8 Å². The smallest absolute Gasteiger partial charge is 0.337 e. The van der Waals surface area contributed by atoms with Gasteiger partial charge in [-0.3, -0.25) is 14.9 Å². The zero-order valence-electron chi connectivity index (χ0n) is 17.0. The van der Waals surface area contributed by atoms with E-state index in [1.165, 1.54) is 0 Å². The minimum Gasteiger partial charge on any atom is -0.512 e. The molecule has 0 radical (unpaired) electrons. The van der Waals surface area contributed by atoms with Crippen LogP contribution in [0, 0.1) is 0 Å². The Morgan fingerprint density at radius 1 is 1.06 bits per heavy atom. The summed E-state index contributed by atoms with van der Waals surface area (Å²) >= 11 is 0. The molecule has 7 nitrogen and oxygen atoms in total. The molecule has 1 aliphatic heterocycles. The minimum atomic E-state index is -1.16. The van der Waals surface area contributed by atoms with Crippen molar-refractivity contribution in [3.63, 3.8) is 0 Å². The van der Waals surface area contributed by atoms with Crippen molar-refractivity contribution in [3.05, 3.63) is 101 Å². The SMILES string of the molecule is COc1cccc(CN2[C@@H](c3ccccn3)C(C(=O)O)=C(O)C[C@H]2c2ccccn2)c1. The molecule has 2 aromatic heterocycles. The highest BCUT2D eigenvalue weighted by Gasteiger charge is 2.42. The number of methoxy groups -OCH3 is 1. The summed E-state index contributed by atoms with van der Waals surface area (Å²) in [7, 11) is 1.61. The Hall–Kier alpha value is -3.71. The van der Waals surface area contributed by atoms with Gasteiger partial charge in [0.25, 0.3) is 0 Å². The van der Waals surface area contributed by atoms with Crippen molar-refractivity contribution in [2.24, 2.45) is 0 Å². The summed E-state index contributed by atoms with van der Waals surface area (Å²) < 4.78 is 5.36. The number of carboxylic acids is 1. The summed E-state index contributed by atoms with van der Waals surface area (Å²) in [5.74, 6) is -0.598. The van der Waals surface area contributed by atoms with Crippen molar-refractivity contribution in [1.29, 1.82) is 0 Å². The molecule has 4 rings (SSSR count). The van der Waals surface area contributed by atoms with Gasteiger partial charge in [0.1, 0.15) is 11.5 Å². The fourth-order valence-electron chi connectivity index (χ4n) is 4.04. The van der Waals surface area contributed by atoms with Crippen LogP contribution in [0.1, 0.15) is 35.5 Å². The van der Waals surface area contributed by atoms with E-state index in [9.17, 15) is 15.0 Å². The Balaban J connectivity index is 1.86. The van der Waals surface area contributed by atoms with Crippen LogP contribution in [0.25, 0.3) is 0 Å². The molecule has 0 saturated heterocycles. The third-order valence-corrected chi connectivity index (χ3v) is 5.43. The number of nitrogens with zero attached hydrogens (tertiary/aromatic N) is 3. The molecule has 2 atom stereocenters. The molecule has 0 fully saturated rings. The number of carbonyl (C=O) groups is 1. The number of aromatic nitrogens is 2. The number of hydrogen-bond donors (Lipinski definition) is 2. The number of hydrogen-bond acceptors (Lipinski definition) is 6. The predicted molar refractivity (Wildman–Crippen MR) is 114 cm³/mol. The van der Waals surface area contributed by atoms with E-state index in [2.05, 4.69) is 9.97 Å². The van der Waals surface area contributed by atoms with Crippen molar-refractivity contribution in [2.45, 2.75) is 25.0 Å². The van der Waals surface area contributed by atoms with Gasteiger partial charge in [-0.05, 0) is 42.0 Å². The monoisotopic (exact) mass is 417 g/mol. The van der Waals surface area contributed by atoms with Gasteiger partial charge in [0.05, 0.1) is 36.2 Å². The second-order valence-corrected chi connectivity index (χ2v) is 7.32. The predicted octanol–water partition coefficient (Wildman–Crippen LogP) is 4.07. The van der Waals surface area contributed by atoms with Crippen LogP contribution in [0.2, 0.25) is 0 Å². The minimum absolute atomic E-state index is 0.0613. The maximum Gasteiger partial charge on any atom is 0.337 e. The maximum absolute atomic E-state index is 12.2. The van der Waals surface area contributed by atoms with E-state index in [0.717, 1.165) is 17.0 Å². The largest absolute Gasteiger partial charge is 0.512 e. The molecule has 0 saturated carbocycles. The first-order chi connectivity index (χ1) is 15.1. The number of pyridine rings is 2. The molecule has 0 spiro atoms. The van der Waals surface area contributed by atoms with Crippen LogP contribution in [-0.4, -0.2) is 38.2 Å². The van der Waals surface area contributed by atoms with E-state index in [0.29, 0.717) is 12.2 Å². The molecular formula is C24H23N3O4. The van der Waals surface area contributed by atoms with E-state index in [1.807, 2.05) is 53.4 Å². The summed E-state index contributed by atoms with van der Waals surface area (Å²) in [5.41, 5.74) is 2.19. The summed E-state index contributed by atoms with van der Waals surface area (Å²) in [6, 6.07) is 17.5. The lowest BCUT2D eigenvalue weighted by Crippen LogP contribution is -2.40. The number of aliphatic hydroxyl groups excluding tert-OH is 1. The first-order valence-corrected chi connectivity index (χ1v) is 9.94. The Morgan fingerprint density at radius 3 is 2.39 bits per heavy atom. The van der Waals surface area contributed by atoms with Gasteiger partial charge in [0.15, 0.2) is 0 Å². The van der Waals surface area contributed by atoms with Crippen molar-refractivity contribution < 1.29 is 19.7 Å². The first-order valence-electron chi connectivity index (χ1n) is 9.94. The third kappa shape index (κ3) is 4.27. The lowest BCUT2D eigenvalue weighted by molar-refractivity contribution is -0.134. The fraction of sp³-hybridized carbons (Fsp3) is 0.208. The molecular weight excluding hydrogens is 394 g/mol. The molecule has 3 aromatic rings. The van der Waals surface area contributed by atoms with Crippen molar-refractivity contribution in [2.75, 3.05) is 7.11 Å². The van der Waals surface area contributed by atoms with Gasteiger partial charge in [-0.2, -0.15) is 0 Å². The molecule has 1 aliphatic rings.